The van der Waals surface area contributed by atoms with Gasteiger partial charge in [0.25, 0.3) is 11.8 Å². The van der Waals surface area contributed by atoms with Gasteiger partial charge in [-0.2, -0.15) is 0 Å². The van der Waals surface area contributed by atoms with Crippen LogP contribution in [0.2, 0.25) is 0 Å². The first kappa shape index (κ1) is 25.5. The van der Waals surface area contributed by atoms with E-state index in [1.54, 1.807) is 36.8 Å². The number of ether oxygens (including phenoxy) is 1. The number of benzene rings is 2. The number of nitrogens with zero attached hydrogens (tertiary/aromatic N) is 5. The Kier molecular flexibility index (Phi) is 7.28. The summed E-state index contributed by atoms with van der Waals surface area (Å²) in [4.78, 5) is 35.9. The van der Waals surface area contributed by atoms with Gasteiger partial charge < -0.3 is 19.3 Å². The highest BCUT2D eigenvalue weighted by atomic mass is 32.1. The number of amidine groups is 1. The molecular formula is C27H22N6O5S. The highest BCUT2D eigenvalue weighted by Crippen LogP contribution is 2.29. The largest absolute Gasteiger partial charge is 0.497 e. The highest BCUT2D eigenvalue weighted by Gasteiger charge is 2.36. The summed E-state index contributed by atoms with van der Waals surface area (Å²) in [5.74, 6) is 0.420. The van der Waals surface area contributed by atoms with Gasteiger partial charge in [0.1, 0.15) is 18.6 Å². The summed E-state index contributed by atoms with van der Waals surface area (Å²) in [5.41, 5.74) is 2.48. The van der Waals surface area contributed by atoms with E-state index < -0.39 is 5.91 Å². The molecule has 1 aliphatic heterocycles. The zero-order valence-electron chi connectivity index (χ0n) is 21.1. The third kappa shape index (κ3) is 5.45. The van der Waals surface area contributed by atoms with E-state index in [2.05, 4.69) is 25.7 Å². The molecule has 5 rings (SSSR count). The Bertz CT molecular complexity index is 1600. The fraction of sp³-hybridized carbons (Fsp3) is 0.111. The molecule has 4 aromatic rings. The van der Waals surface area contributed by atoms with Crippen molar-refractivity contribution in [3.8, 4) is 5.75 Å². The second kappa shape index (κ2) is 11.1. The minimum atomic E-state index is -0.437. The molecule has 0 atom stereocenters. The number of carbonyl (C=O) groups is 2. The minimum absolute atomic E-state index is 0.0202. The number of nitrogens with one attached hydrogen (secondary N) is 1. The third-order valence-electron chi connectivity index (χ3n) is 5.47. The molecule has 0 radical (unpaired) electrons. The lowest BCUT2D eigenvalue weighted by atomic mass is 10.2. The first-order valence-electron chi connectivity index (χ1n) is 11.6. The van der Waals surface area contributed by atoms with Crippen LogP contribution in [-0.4, -0.2) is 47.8 Å². The molecule has 0 spiro atoms. The Labute approximate surface area is 227 Å². The molecule has 39 heavy (non-hydrogen) atoms. The van der Waals surface area contributed by atoms with E-state index >= 15 is 0 Å². The van der Waals surface area contributed by atoms with Gasteiger partial charge in [-0.05, 0) is 29.8 Å². The number of amides is 2. The smallest absolute Gasteiger partial charge is 0.331 e. The van der Waals surface area contributed by atoms with Crippen molar-refractivity contribution in [1.82, 2.24) is 10.2 Å². The van der Waals surface area contributed by atoms with Crippen molar-refractivity contribution in [2.45, 2.75) is 6.92 Å². The van der Waals surface area contributed by atoms with Crippen LogP contribution in [0.15, 0.2) is 86.3 Å². The van der Waals surface area contributed by atoms with E-state index in [-0.39, 0.29) is 29.2 Å². The minimum Gasteiger partial charge on any atom is -0.497 e. The summed E-state index contributed by atoms with van der Waals surface area (Å²) in [7, 11) is 2.97. The molecule has 0 saturated carbocycles. The number of aliphatic imine (C=N–C) groups is 1. The number of thiophene rings is 1. The second-order valence-electron chi connectivity index (χ2n) is 8.14. The molecule has 1 aliphatic rings. The Morgan fingerprint density at radius 2 is 1.87 bits per heavy atom. The topological polar surface area (TPSA) is 132 Å². The van der Waals surface area contributed by atoms with Gasteiger partial charge in [0.05, 0.1) is 12.1 Å². The van der Waals surface area contributed by atoms with Crippen LogP contribution in [0.3, 0.4) is 0 Å². The summed E-state index contributed by atoms with van der Waals surface area (Å²) in [6.45, 7) is 1.42. The monoisotopic (exact) mass is 542 g/mol. The molecule has 2 aromatic carbocycles. The Hall–Kier alpha value is -5.10. The predicted octanol–water partition coefficient (Wildman–Crippen LogP) is 4.33. The van der Waals surface area contributed by atoms with Crippen molar-refractivity contribution < 1.29 is 23.6 Å². The quantitative estimate of drug-likeness (QED) is 0.199. The van der Waals surface area contributed by atoms with Crippen LogP contribution in [0.4, 0.5) is 11.0 Å². The number of hydrogen-bond acceptors (Lipinski definition) is 10. The SMILES string of the molecule is CO/N=C(/c1csc(NC(C)=O)c1)c1nnc(N2C(=O)/C(=C\c3ccc(OC)cc3)N=C2c2ccccc2)o1. The molecule has 1 N–H and O–H groups in total. The van der Waals surface area contributed by atoms with E-state index in [0.717, 1.165) is 5.56 Å². The third-order valence-corrected chi connectivity index (χ3v) is 6.32. The van der Waals surface area contributed by atoms with Crippen molar-refractivity contribution in [3.63, 3.8) is 0 Å². The normalized spacial score (nSPS) is 14.5. The molecule has 0 aliphatic carbocycles. The van der Waals surface area contributed by atoms with Gasteiger partial charge in [0.2, 0.25) is 5.91 Å². The summed E-state index contributed by atoms with van der Waals surface area (Å²) >= 11 is 1.30. The lowest BCUT2D eigenvalue weighted by Gasteiger charge is -2.13. The number of anilines is 2. The van der Waals surface area contributed by atoms with E-state index in [9.17, 15) is 9.59 Å². The Balaban J connectivity index is 1.51. The predicted molar refractivity (Wildman–Crippen MR) is 147 cm³/mol. The van der Waals surface area contributed by atoms with Gasteiger partial charge in [0, 0.05) is 23.4 Å². The maximum atomic E-state index is 13.6. The zero-order valence-corrected chi connectivity index (χ0v) is 21.9. The Morgan fingerprint density at radius 3 is 2.56 bits per heavy atom. The number of rotatable bonds is 8. The van der Waals surface area contributed by atoms with E-state index in [4.69, 9.17) is 14.0 Å². The lowest BCUT2D eigenvalue weighted by Crippen LogP contribution is -2.33. The molecule has 0 bridgehead atoms. The van der Waals surface area contributed by atoms with Gasteiger partial charge in [-0.15, -0.1) is 16.4 Å². The van der Waals surface area contributed by atoms with Crippen molar-refractivity contribution in [2.75, 3.05) is 24.4 Å². The molecule has 0 saturated heterocycles. The molecule has 0 unspecified atom stereocenters. The van der Waals surface area contributed by atoms with Crippen LogP contribution in [0.5, 0.6) is 5.75 Å². The lowest BCUT2D eigenvalue weighted by molar-refractivity contribution is -0.114. The molecule has 3 heterocycles. The molecule has 196 valence electrons. The summed E-state index contributed by atoms with van der Waals surface area (Å²) in [5, 5.41) is 17.4. The molecule has 0 fully saturated rings. The van der Waals surface area contributed by atoms with Gasteiger partial charge in [-0.1, -0.05) is 52.7 Å². The molecular weight excluding hydrogens is 520 g/mol. The summed E-state index contributed by atoms with van der Waals surface area (Å²) in [6, 6.07) is 18.1. The number of aromatic nitrogens is 2. The van der Waals surface area contributed by atoms with Gasteiger partial charge >= 0.3 is 6.01 Å². The zero-order chi connectivity index (χ0) is 27.4. The van der Waals surface area contributed by atoms with Crippen molar-refractivity contribution >= 4 is 51.8 Å². The van der Waals surface area contributed by atoms with Crippen LogP contribution in [0, 0.1) is 0 Å². The van der Waals surface area contributed by atoms with E-state index in [1.807, 2.05) is 42.5 Å². The van der Waals surface area contributed by atoms with Crippen LogP contribution < -0.4 is 15.0 Å². The maximum Gasteiger partial charge on any atom is 0.331 e. The average molecular weight is 543 g/mol. The number of methoxy groups -OCH3 is 1. The number of oxime groups is 1. The maximum absolute atomic E-state index is 13.6. The van der Waals surface area contributed by atoms with Gasteiger partial charge in [-0.25, -0.2) is 9.89 Å². The van der Waals surface area contributed by atoms with Crippen molar-refractivity contribution in [2.24, 2.45) is 10.1 Å². The Morgan fingerprint density at radius 1 is 1.10 bits per heavy atom. The molecule has 12 heteroatoms. The number of carbonyl (C=O) groups excluding carboxylic acids is 2. The molecule has 11 nitrogen and oxygen atoms in total. The standard InChI is InChI=1S/C27H22N6O5S/c1-16(34)28-22-14-19(15-39-22)23(32-37-3)25-30-31-27(38-25)33-24(18-7-5-4-6-8-18)29-21(26(33)35)13-17-9-11-20(36-2)12-10-17/h4-15H,1-3H3,(H,28,34)/b21-13+,32-23-. The summed E-state index contributed by atoms with van der Waals surface area (Å²) < 4.78 is 11.2. The fourth-order valence-corrected chi connectivity index (χ4v) is 4.57. The first-order valence-corrected chi connectivity index (χ1v) is 12.5. The average Bonchev–Trinajstić information content (AvgIpc) is 3.68. The van der Waals surface area contributed by atoms with Gasteiger partial charge in [0.15, 0.2) is 11.5 Å². The molecule has 2 aromatic heterocycles. The van der Waals surface area contributed by atoms with Gasteiger partial charge in [-0.3, -0.25) is 9.59 Å². The van der Waals surface area contributed by atoms with Crippen LogP contribution >= 0.6 is 11.3 Å². The highest BCUT2D eigenvalue weighted by molar-refractivity contribution is 7.14. The first-order chi connectivity index (χ1) is 19.0. The fourth-order valence-electron chi connectivity index (χ4n) is 3.74. The van der Waals surface area contributed by atoms with Crippen molar-refractivity contribution in [1.29, 1.82) is 0 Å². The van der Waals surface area contributed by atoms with Crippen molar-refractivity contribution in [3.05, 3.63) is 94.3 Å². The van der Waals surface area contributed by atoms with Crippen LogP contribution in [0.25, 0.3) is 6.08 Å². The van der Waals surface area contributed by atoms with Crippen LogP contribution in [-0.2, 0) is 14.4 Å². The molecule has 2 amide bonds. The van der Waals surface area contributed by atoms with E-state index in [1.165, 1.54) is 30.3 Å². The second-order valence-corrected chi connectivity index (χ2v) is 9.05. The summed E-state index contributed by atoms with van der Waals surface area (Å²) in [6.07, 6.45) is 1.68. The van der Waals surface area contributed by atoms with E-state index in [0.29, 0.717) is 27.7 Å². The number of hydrogen-bond donors (Lipinski definition) is 1. The van der Waals surface area contributed by atoms with Crippen LogP contribution in [0.1, 0.15) is 29.5 Å².